The summed E-state index contributed by atoms with van der Waals surface area (Å²) >= 11 is 6.62. The molecule has 0 atom stereocenters. The molecule has 4 nitrogen and oxygen atoms in total. The van der Waals surface area contributed by atoms with Gasteiger partial charge in [0.15, 0.2) is 5.90 Å². The number of halogens is 1. The molecular formula is C9H11ClN2O2S. The molecule has 0 spiro atoms. The minimum absolute atomic E-state index is 0.426. The Bertz CT molecular complexity index is 329. The van der Waals surface area contributed by atoms with Gasteiger partial charge < -0.3 is 4.74 Å². The standard InChI is InChI=1S/C9H11ClN2O2S/c1-7(13-2)12-15-14-6-8-3-4-9(10)11-5-8/h3-5H,6H2,1-2H3/b12-7+. The first kappa shape index (κ1) is 12.3. The Balaban J connectivity index is 2.29. The third-order valence-electron chi connectivity index (χ3n) is 1.53. The predicted octanol–water partition coefficient (Wildman–Crippen LogP) is 2.88. The van der Waals surface area contributed by atoms with Crippen LogP contribution in [0.4, 0.5) is 0 Å². The maximum atomic E-state index is 5.64. The van der Waals surface area contributed by atoms with E-state index in [4.69, 9.17) is 20.5 Å². The molecule has 1 heterocycles. The van der Waals surface area contributed by atoms with Gasteiger partial charge in [0.1, 0.15) is 17.4 Å². The molecule has 1 aromatic rings. The largest absolute Gasteiger partial charge is 0.484 e. The Labute approximate surface area is 98.0 Å². The second kappa shape index (κ2) is 6.66. The lowest BCUT2D eigenvalue weighted by Gasteiger charge is -2.00. The van der Waals surface area contributed by atoms with Gasteiger partial charge in [0.05, 0.1) is 13.7 Å². The molecule has 0 aliphatic heterocycles. The number of aromatic nitrogens is 1. The Morgan fingerprint density at radius 3 is 3.00 bits per heavy atom. The maximum absolute atomic E-state index is 5.64. The second-order valence-corrected chi connectivity index (χ2v) is 3.59. The molecule has 0 amide bonds. The van der Waals surface area contributed by atoms with Crippen molar-refractivity contribution in [2.45, 2.75) is 13.5 Å². The molecule has 0 N–H and O–H groups in total. The molecule has 1 rings (SSSR count). The third-order valence-corrected chi connectivity index (χ3v) is 2.31. The fourth-order valence-electron chi connectivity index (χ4n) is 0.702. The van der Waals surface area contributed by atoms with Gasteiger partial charge in [-0.25, -0.2) is 4.98 Å². The van der Waals surface area contributed by atoms with Gasteiger partial charge in [-0.3, -0.25) is 4.18 Å². The monoisotopic (exact) mass is 246 g/mol. The smallest absolute Gasteiger partial charge is 0.193 e. The molecule has 1 aromatic heterocycles. The van der Waals surface area contributed by atoms with Crippen molar-refractivity contribution in [1.82, 2.24) is 4.98 Å². The molecule has 0 radical (unpaired) electrons. The molecule has 0 saturated carbocycles. The van der Waals surface area contributed by atoms with Crippen LogP contribution in [0.5, 0.6) is 0 Å². The average molecular weight is 247 g/mol. The van der Waals surface area contributed by atoms with Crippen LogP contribution in [0.15, 0.2) is 22.7 Å². The van der Waals surface area contributed by atoms with E-state index in [9.17, 15) is 0 Å². The maximum Gasteiger partial charge on any atom is 0.193 e. The summed E-state index contributed by atoms with van der Waals surface area (Å²) in [6.45, 7) is 2.18. The summed E-state index contributed by atoms with van der Waals surface area (Å²) in [7, 11) is 1.56. The van der Waals surface area contributed by atoms with Crippen molar-refractivity contribution in [3.05, 3.63) is 29.0 Å². The number of hydrogen-bond acceptors (Lipinski definition) is 5. The summed E-state index contributed by atoms with van der Waals surface area (Å²) in [5.74, 6) is 0.564. The van der Waals surface area contributed by atoms with Crippen LogP contribution in [0.2, 0.25) is 5.15 Å². The summed E-state index contributed by atoms with van der Waals surface area (Å²) in [5, 5.41) is 0.472. The zero-order valence-corrected chi connectivity index (χ0v) is 10.0. The SMILES string of the molecule is CO/C(C)=N/SOCc1ccc(Cl)nc1. The summed E-state index contributed by atoms with van der Waals surface area (Å²) in [4.78, 5) is 3.92. The highest BCUT2D eigenvalue weighted by Crippen LogP contribution is 2.11. The predicted molar refractivity (Wildman–Crippen MR) is 61.7 cm³/mol. The number of ether oxygens (including phenoxy) is 1. The number of hydrogen-bond donors (Lipinski definition) is 0. The Hall–Kier alpha value is -0.780. The van der Waals surface area contributed by atoms with Crippen LogP contribution in [-0.4, -0.2) is 18.0 Å². The molecule has 0 fully saturated rings. The third kappa shape index (κ3) is 5.01. The minimum atomic E-state index is 0.426. The van der Waals surface area contributed by atoms with Crippen molar-refractivity contribution in [2.75, 3.05) is 7.11 Å². The fourth-order valence-corrected chi connectivity index (χ4v) is 1.24. The second-order valence-electron chi connectivity index (χ2n) is 2.64. The quantitative estimate of drug-likeness (QED) is 0.205. The average Bonchev–Trinajstić information content (AvgIpc) is 2.26. The zero-order valence-electron chi connectivity index (χ0n) is 8.44. The van der Waals surface area contributed by atoms with Crippen molar-refractivity contribution in [3.63, 3.8) is 0 Å². The van der Waals surface area contributed by atoms with Gasteiger partial charge >= 0.3 is 0 Å². The first-order chi connectivity index (χ1) is 7.22. The van der Waals surface area contributed by atoms with E-state index < -0.39 is 0 Å². The van der Waals surface area contributed by atoms with E-state index in [-0.39, 0.29) is 0 Å². The van der Waals surface area contributed by atoms with Crippen LogP contribution in [0, 0.1) is 0 Å². The summed E-state index contributed by atoms with van der Waals surface area (Å²) in [6, 6.07) is 3.57. The Morgan fingerprint density at radius 1 is 1.60 bits per heavy atom. The van der Waals surface area contributed by atoms with Crippen LogP contribution < -0.4 is 0 Å². The molecule has 6 heteroatoms. The molecule has 0 bridgehead atoms. The van der Waals surface area contributed by atoms with Gasteiger partial charge in [-0.1, -0.05) is 17.7 Å². The van der Waals surface area contributed by atoms with Crippen molar-refractivity contribution in [1.29, 1.82) is 0 Å². The van der Waals surface area contributed by atoms with Gasteiger partial charge in [0, 0.05) is 13.1 Å². The van der Waals surface area contributed by atoms with E-state index in [1.54, 1.807) is 26.3 Å². The summed E-state index contributed by atoms with van der Waals surface area (Å²) < 4.78 is 14.0. The van der Waals surface area contributed by atoms with E-state index in [1.165, 1.54) is 0 Å². The van der Waals surface area contributed by atoms with E-state index in [0.717, 1.165) is 17.8 Å². The molecule has 15 heavy (non-hydrogen) atoms. The minimum Gasteiger partial charge on any atom is -0.484 e. The molecule has 0 saturated heterocycles. The highest BCUT2D eigenvalue weighted by molar-refractivity contribution is 7.93. The fraction of sp³-hybridized carbons (Fsp3) is 0.333. The van der Waals surface area contributed by atoms with Gasteiger partial charge in [-0.2, -0.15) is 4.40 Å². The van der Waals surface area contributed by atoms with Crippen molar-refractivity contribution < 1.29 is 8.92 Å². The van der Waals surface area contributed by atoms with Crippen LogP contribution in [-0.2, 0) is 15.5 Å². The zero-order chi connectivity index (χ0) is 11.1. The highest BCUT2D eigenvalue weighted by atomic mass is 35.5. The van der Waals surface area contributed by atoms with E-state index in [2.05, 4.69) is 9.38 Å². The lowest BCUT2D eigenvalue weighted by molar-refractivity contribution is 0.361. The van der Waals surface area contributed by atoms with E-state index >= 15 is 0 Å². The van der Waals surface area contributed by atoms with Crippen molar-refractivity contribution in [2.24, 2.45) is 4.40 Å². The van der Waals surface area contributed by atoms with Crippen molar-refractivity contribution in [3.8, 4) is 0 Å². The topological polar surface area (TPSA) is 43.7 Å². The lowest BCUT2D eigenvalue weighted by atomic mass is 10.3. The van der Waals surface area contributed by atoms with Crippen LogP contribution in [0.3, 0.4) is 0 Å². The van der Waals surface area contributed by atoms with Crippen LogP contribution >= 0.6 is 23.8 Å². The van der Waals surface area contributed by atoms with Crippen LogP contribution in [0.25, 0.3) is 0 Å². The molecule has 0 unspecified atom stereocenters. The van der Waals surface area contributed by atoms with E-state index in [1.807, 2.05) is 6.07 Å². The lowest BCUT2D eigenvalue weighted by Crippen LogP contribution is -1.92. The number of pyridine rings is 1. The van der Waals surface area contributed by atoms with Gasteiger partial charge in [-0.15, -0.1) is 0 Å². The highest BCUT2D eigenvalue weighted by Gasteiger charge is 1.95. The summed E-state index contributed by atoms with van der Waals surface area (Å²) in [6.07, 6.45) is 1.66. The number of methoxy groups -OCH3 is 1. The summed E-state index contributed by atoms with van der Waals surface area (Å²) in [5.41, 5.74) is 0.942. The first-order valence-electron chi connectivity index (χ1n) is 4.20. The first-order valence-corrected chi connectivity index (χ1v) is 5.27. The molecule has 0 aliphatic carbocycles. The van der Waals surface area contributed by atoms with Crippen molar-refractivity contribution >= 4 is 29.7 Å². The number of rotatable bonds is 4. The Kier molecular flexibility index (Phi) is 5.45. The number of nitrogens with zero attached hydrogens (tertiary/aromatic N) is 2. The molecule has 0 aromatic carbocycles. The van der Waals surface area contributed by atoms with Gasteiger partial charge in [0.25, 0.3) is 0 Å². The van der Waals surface area contributed by atoms with Gasteiger partial charge in [0.2, 0.25) is 0 Å². The molecule has 0 aliphatic rings. The Morgan fingerprint density at radius 2 is 2.40 bits per heavy atom. The van der Waals surface area contributed by atoms with Crippen LogP contribution in [0.1, 0.15) is 12.5 Å². The van der Waals surface area contributed by atoms with Gasteiger partial charge in [-0.05, 0) is 11.6 Å². The normalized spacial score (nSPS) is 11.5. The van der Waals surface area contributed by atoms with E-state index in [0.29, 0.717) is 17.7 Å². The molecular weight excluding hydrogens is 236 g/mol. The molecule has 82 valence electrons.